The van der Waals surface area contributed by atoms with Crippen molar-refractivity contribution in [1.82, 2.24) is 5.32 Å². The van der Waals surface area contributed by atoms with Crippen molar-refractivity contribution >= 4 is 19.2 Å². The maximum absolute atomic E-state index is 11.5. The molecule has 1 rings (SSSR count). The van der Waals surface area contributed by atoms with Crippen LogP contribution in [0.5, 0.6) is 5.75 Å². The number of hydrogen-bond acceptors (Lipinski definition) is 3. The predicted molar refractivity (Wildman–Crippen MR) is 76.2 cm³/mol. The first-order chi connectivity index (χ1) is 8.45. The number of carbonyl (C=O) groups is 1. The molecule has 0 fully saturated rings. The van der Waals surface area contributed by atoms with Crippen LogP contribution < -0.4 is 21.3 Å². The number of rotatable bonds is 6. The number of hydrogen-bond donors (Lipinski definition) is 2. The van der Waals surface area contributed by atoms with E-state index in [0.29, 0.717) is 12.6 Å². The summed E-state index contributed by atoms with van der Waals surface area (Å²) in [6, 6.07) is 6.04. The third-order valence-electron chi connectivity index (χ3n) is 2.89. The predicted octanol–water partition coefficient (Wildman–Crippen LogP) is -0.479. The van der Waals surface area contributed by atoms with Gasteiger partial charge in [-0.05, 0) is 17.1 Å². The Morgan fingerprint density at radius 2 is 2.17 bits per heavy atom. The molecule has 1 atom stereocenters. The molecule has 0 unspecified atom stereocenters. The maximum Gasteiger partial charge on any atom is 0.226 e. The number of ether oxygens (including phenoxy) is 1. The van der Waals surface area contributed by atoms with Gasteiger partial charge >= 0.3 is 0 Å². The van der Waals surface area contributed by atoms with Crippen LogP contribution in [-0.2, 0) is 4.79 Å². The number of primary amides is 1. The largest absolute Gasteiger partial charge is 0.497 e. The molecule has 0 saturated carbocycles. The van der Waals surface area contributed by atoms with Crippen LogP contribution in [0.2, 0.25) is 0 Å². The standard InChI is InChI=1S/C13H21BN2O2/c1-8(2)16-7-10(13(15)17)9-4-5-12(18-3)11(14)6-9/h4-6,8,10,16H,7,14H2,1-3H3,(H2,15,17)/t10-/m1/s1. The van der Waals surface area contributed by atoms with Crippen molar-refractivity contribution in [2.45, 2.75) is 25.8 Å². The second-order valence-electron chi connectivity index (χ2n) is 4.75. The monoisotopic (exact) mass is 248 g/mol. The summed E-state index contributed by atoms with van der Waals surface area (Å²) < 4.78 is 5.21. The van der Waals surface area contributed by atoms with E-state index < -0.39 is 0 Å². The normalized spacial score (nSPS) is 12.4. The maximum atomic E-state index is 11.5. The number of amides is 1. The van der Waals surface area contributed by atoms with Gasteiger partial charge in [0, 0.05) is 12.6 Å². The Hall–Kier alpha value is -1.49. The van der Waals surface area contributed by atoms with Crippen LogP contribution in [-0.4, -0.2) is 33.4 Å². The van der Waals surface area contributed by atoms with Gasteiger partial charge in [-0.25, -0.2) is 0 Å². The van der Waals surface area contributed by atoms with E-state index >= 15 is 0 Å². The van der Waals surface area contributed by atoms with Crippen LogP contribution >= 0.6 is 0 Å². The molecule has 0 aliphatic rings. The number of nitrogens with two attached hydrogens (primary N) is 1. The highest BCUT2D eigenvalue weighted by atomic mass is 16.5. The van der Waals surface area contributed by atoms with Gasteiger partial charge in [-0.15, -0.1) is 0 Å². The van der Waals surface area contributed by atoms with E-state index in [1.165, 1.54) is 0 Å². The second kappa shape index (κ2) is 6.45. The number of benzene rings is 1. The van der Waals surface area contributed by atoms with E-state index in [0.717, 1.165) is 16.8 Å². The summed E-state index contributed by atoms with van der Waals surface area (Å²) >= 11 is 0. The highest BCUT2D eigenvalue weighted by Crippen LogP contribution is 2.17. The van der Waals surface area contributed by atoms with E-state index in [4.69, 9.17) is 10.5 Å². The van der Waals surface area contributed by atoms with Gasteiger partial charge in [0.25, 0.3) is 0 Å². The second-order valence-corrected chi connectivity index (χ2v) is 4.75. The summed E-state index contributed by atoms with van der Waals surface area (Å²) in [5.41, 5.74) is 7.40. The summed E-state index contributed by atoms with van der Waals surface area (Å²) in [7, 11) is 3.59. The minimum absolute atomic E-state index is 0.308. The topological polar surface area (TPSA) is 64.3 Å². The Morgan fingerprint density at radius 1 is 1.50 bits per heavy atom. The van der Waals surface area contributed by atoms with Crippen LogP contribution in [0.4, 0.5) is 0 Å². The van der Waals surface area contributed by atoms with Crippen LogP contribution in [0, 0.1) is 0 Å². The first-order valence-electron chi connectivity index (χ1n) is 6.13. The molecule has 4 nitrogen and oxygen atoms in total. The number of carbonyl (C=O) groups excluding carboxylic acids is 1. The van der Waals surface area contributed by atoms with Crippen molar-refractivity contribution in [2.75, 3.05) is 13.7 Å². The highest BCUT2D eigenvalue weighted by Gasteiger charge is 2.18. The molecular weight excluding hydrogens is 227 g/mol. The lowest BCUT2D eigenvalue weighted by molar-refractivity contribution is -0.119. The average Bonchev–Trinajstić information content (AvgIpc) is 2.28. The molecule has 3 N–H and O–H groups in total. The molecule has 1 aromatic carbocycles. The van der Waals surface area contributed by atoms with Gasteiger partial charge in [-0.2, -0.15) is 0 Å². The smallest absolute Gasteiger partial charge is 0.226 e. The quantitative estimate of drug-likeness (QED) is 0.668. The first kappa shape index (κ1) is 14.6. The van der Waals surface area contributed by atoms with Gasteiger partial charge in [0.1, 0.15) is 13.6 Å². The first-order valence-corrected chi connectivity index (χ1v) is 6.13. The third kappa shape index (κ3) is 3.77. The third-order valence-corrected chi connectivity index (χ3v) is 2.89. The van der Waals surface area contributed by atoms with Crippen molar-refractivity contribution in [1.29, 1.82) is 0 Å². The minimum Gasteiger partial charge on any atom is -0.497 e. The molecule has 0 saturated heterocycles. The Kier molecular flexibility index (Phi) is 5.22. The van der Waals surface area contributed by atoms with Gasteiger partial charge in [-0.1, -0.05) is 26.0 Å². The zero-order valence-electron chi connectivity index (χ0n) is 11.5. The Bertz CT molecular complexity index is 421. The van der Waals surface area contributed by atoms with E-state index in [-0.39, 0.29) is 11.8 Å². The Morgan fingerprint density at radius 3 is 2.61 bits per heavy atom. The molecule has 98 valence electrons. The van der Waals surface area contributed by atoms with E-state index in [1.807, 2.05) is 39.9 Å². The summed E-state index contributed by atoms with van der Waals surface area (Å²) in [4.78, 5) is 11.5. The fourth-order valence-electron chi connectivity index (χ4n) is 1.85. The Balaban J connectivity index is 2.92. The van der Waals surface area contributed by atoms with Crippen molar-refractivity contribution in [2.24, 2.45) is 5.73 Å². The summed E-state index contributed by atoms with van der Waals surface area (Å²) in [6.07, 6.45) is 0. The van der Waals surface area contributed by atoms with Gasteiger partial charge in [0.15, 0.2) is 0 Å². The van der Waals surface area contributed by atoms with E-state index in [1.54, 1.807) is 7.11 Å². The van der Waals surface area contributed by atoms with Crippen LogP contribution in [0.25, 0.3) is 0 Å². The van der Waals surface area contributed by atoms with Crippen LogP contribution in [0.1, 0.15) is 25.3 Å². The van der Waals surface area contributed by atoms with Crippen LogP contribution in [0.15, 0.2) is 18.2 Å². The zero-order valence-corrected chi connectivity index (χ0v) is 11.5. The minimum atomic E-state index is -0.312. The summed E-state index contributed by atoms with van der Waals surface area (Å²) in [5, 5.41) is 3.24. The lowest BCUT2D eigenvalue weighted by Crippen LogP contribution is -2.35. The molecule has 0 aromatic heterocycles. The Labute approximate surface area is 109 Å². The van der Waals surface area contributed by atoms with Crippen molar-refractivity contribution in [3.8, 4) is 5.75 Å². The van der Waals surface area contributed by atoms with Gasteiger partial charge in [0.05, 0.1) is 13.0 Å². The molecule has 18 heavy (non-hydrogen) atoms. The van der Waals surface area contributed by atoms with Gasteiger partial charge in [0.2, 0.25) is 5.91 Å². The molecule has 0 spiro atoms. The molecule has 0 aliphatic heterocycles. The van der Waals surface area contributed by atoms with Crippen LogP contribution in [0.3, 0.4) is 0 Å². The molecule has 0 aliphatic carbocycles. The number of nitrogens with one attached hydrogen (secondary N) is 1. The fraction of sp³-hybridized carbons (Fsp3) is 0.462. The van der Waals surface area contributed by atoms with Gasteiger partial charge < -0.3 is 15.8 Å². The van der Waals surface area contributed by atoms with E-state index in [9.17, 15) is 4.79 Å². The molecule has 5 heteroatoms. The van der Waals surface area contributed by atoms with Gasteiger partial charge in [-0.3, -0.25) is 4.79 Å². The summed E-state index contributed by atoms with van der Waals surface area (Å²) in [6.45, 7) is 4.63. The average molecular weight is 248 g/mol. The van der Waals surface area contributed by atoms with E-state index in [2.05, 4.69) is 5.32 Å². The number of methoxy groups -OCH3 is 1. The fourth-order valence-corrected chi connectivity index (χ4v) is 1.85. The van der Waals surface area contributed by atoms with Crippen molar-refractivity contribution in [3.05, 3.63) is 23.8 Å². The SMILES string of the molecule is Bc1cc([C@@H](CNC(C)C)C(N)=O)ccc1OC. The van der Waals surface area contributed by atoms with Crippen molar-refractivity contribution < 1.29 is 9.53 Å². The highest BCUT2D eigenvalue weighted by molar-refractivity contribution is 6.34. The molecule has 0 bridgehead atoms. The lowest BCUT2D eigenvalue weighted by atomic mass is 9.88. The molecule has 1 aromatic rings. The molecule has 0 radical (unpaired) electrons. The molecule has 0 heterocycles. The summed E-state index contributed by atoms with van der Waals surface area (Å²) in [5.74, 6) is 0.198. The lowest BCUT2D eigenvalue weighted by Gasteiger charge is -2.18. The zero-order chi connectivity index (χ0) is 13.7. The molecular formula is C13H21BN2O2. The molecule has 1 amide bonds. The van der Waals surface area contributed by atoms with Crippen molar-refractivity contribution in [3.63, 3.8) is 0 Å².